The summed E-state index contributed by atoms with van der Waals surface area (Å²) in [6.45, 7) is 5.12. The first-order valence-electron chi connectivity index (χ1n) is 12.8. The zero-order valence-corrected chi connectivity index (χ0v) is 22.4. The number of hydrogen-bond acceptors (Lipinski definition) is 4. The maximum atomic E-state index is 6.08. The lowest BCUT2D eigenvalue weighted by Gasteiger charge is -2.18. The second-order valence-electron chi connectivity index (χ2n) is 8.46. The van der Waals surface area contributed by atoms with Gasteiger partial charge in [-0.15, -0.1) is 0 Å². The summed E-state index contributed by atoms with van der Waals surface area (Å²) in [5, 5.41) is 0. The van der Waals surface area contributed by atoms with Crippen molar-refractivity contribution in [3.05, 3.63) is 125 Å². The van der Waals surface area contributed by atoms with Crippen LogP contribution < -0.4 is 18.9 Å². The van der Waals surface area contributed by atoms with E-state index in [-0.39, 0.29) is 0 Å². The fourth-order valence-electron chi connectivity index (χ4n) is 4.43. The predicted molar refractivity (Wildman–Crippen MR) is 156 cm³/mol. The van der Waals surface area contributed by atoms with Crippen LogP contribution in [-0.4, -0.2) is 27.4 Å². The number of allylic oxidation sites excluding steroid dienone is 2. The fourth-order valence-corrected chi connectivity index (χ4v) is 4.43. The summed E-state index contributed by atoms with van der Waals surface area (Å²) in [6.07, 6.45) is 4.31. The fraction of sp³-hybridized carbons (Fsp3) is 0.176. The number of ether oxygens (including phenoxy) is 4. The number of para-hydroxylation sites is 4. The van der Waals surface area contributed by atoms with E-state index in [4.69, 9.17) is 18.9 Å². The summed E-state index contributed by atoms with van der Waals surface area (Å²) in [6, 6.07) is 32.2. The standard InChI is InChI=1S/C34H34O4/c1-5-37-33-21-13-9-17-28(33)30(29-18-10-14-22-34(29)38-6-2)24-26(27-16-8-12-20-32(27)36-4)23-25-15-7-11-19-31(25)35-3/h7-24H,5-6H2,1-4H3. The van der Waals surface area contributed by atoms with Crippen LogP contribution in [0.1, 0.15) is 36.1 Å². The Balaban J connectivity index is 2.06. The average Bonchev–Trinajstić information content (AvgIpc) is 2.97. The average molecular weight is 507 g/mol. The zero-order valence-electron chi connectivity index (χ0n) is 22.4. The number of rotatable bonds is 11. The lowest BCUT2D eigenvalue weighted by Crippen LogP contribution is -2.01. The topological polar surface area (TPSA) is 36.9 Å². The van der Waals surface area contributed by atoms with Gasteiger partial charge in [0.1, 0.15) is 23.0 Å². The maximum Gasteiger partial charge on any atom is 0.127 e. The van der Waals surface area contributed by atoms with Crippen LogP contribution >= 0.6 is 0 Å². The summed E-state index contributed by atoms with van der Waals surface area (Å²) in [5.41, 5.74) is 5.80. The molecule has 0 atom stereocenters. The Hall–Kier alpha value is -4.44. The second kappa shape index (κ2) is 13.2. The van der Waals surface area contributed by atoms with Gasteiger partial charge in [0.2, 0.25) is 0 Å². The third-order valence-corrected chi connectivity index (χ3v) is 6.12. The quantitative estimate of drug-likeness (QED) is 0.152. The van der Waals surface area contributed by atoms with Gasteiger partial charge in [0.15, 0.2) is 0 Å². The first kappa shape index (κ1) is 26.6. The molecule has 0 unspecified atom stereocenters. The first-order valence-corrected chi connectivity index (χ1v) is 12.8. The van der Waals surface area contributed by atoms with Crippen molar-refractivity contribution in [2.24, 2.45) is 0 Å². The van der Waals surface area contributed by atoms with E-state index in [1.807, 2.05) is 92.7 Å². The highest BCUT2D eigenvalue weighted by Gasteiger charge is 2.18. The lowest BCUT2D eigenvalue weighted by atomic mass is 9.91. The van der Waals surface area contributed by atoms with Crippen LogP contribution in [0.3, 0.4) is 0 Å². The normalized spacial score (nSPS) is 11.0. The summed E-state index contributed by atoms with van der Waals surface area (Å²) in [4.78, 5) is 0. The van der Waals surface area contributed by atoms with Gasteiger partial charge in [0.05, 0.1) is 27.4 Å². The van der Waals surface area contributed by atoms with Crippen molar-refractivity contribution in [3.63, 3.8) is 0 Å². The summed E-state index contributed by atoms with van der Waals surface area (Å²) in [5.74, 6) is 3.19. The van der Waals surface area contributed by atoms with E-state index in [0.29, 0.717) is 13.2 Å². The van der Waals surface area contributed by atoms with Gasteiger partial charge in [-0.1, -0.05) is 72.8 Å². The minimum Gasteiger partial charge on any atom is -0.496 e. The Labute approximate surface area is 225 Å². The number of benzene rings is 4. The molecule has 0 N–H and O–H groups in total. The van der Waals surface area contributed by atoms with Crippen molar-refractivity contribution >= 4 is 17.2 Å². The molecule has 4 rings (SSSR count). The molecule has 38 heavy (non-hydrogen) atoms. The highest BCUT2D eigenvalue weighted by Crippen LogP contribution is 2.40. The van der Waals surface area contributed by atoms with Gasteiger partial charge in [-0.05, 0) is 61.4 Å². The summed E-state index contributed by atoms with van der Waals surface area (Å²) in [7, 11) is 3.38. The molecular weight excluding hydrogens is 472 g/mol. The molecule has 0 amide bonds. The second-order valence-corrected chi connectivity index (χ2v) is 8.46. The van der Waals surface area contributed by atoms with Gasteiger partial charge in [0, 0.05) is 22.3 Å². The molecular formula is C34H34O4. The molecule has 0 aromatic heterocycles. The van der Waals surface area contributed by atoms with E-state index in [9.17, 15) is 0 Å². The van der Waals surface area contributed by atoms with Crippen LogP contribution in [0.2, 0.25) is 0 Å². The minimum atomic E-state index is 0.563. The van der Waals surface area contributed by atoms with E-state index in [1.165, 1.54) is 0 Å². The van der Waals surface area contributed by atoms with Crippen molar-refractivity contribution in [1.29, 1.82) is 0 Å². The molecule has 0 aliphatic carbocycles. The van der Waals surface area contributed by atoms with Crippen LogP contribution in [0.25, 0.3) is 17.2 Å². The molecule has 0 saturated carbocycles. The molecule has 4 aromatic rings. The number of methoxy groups -OCH3 is 2. The first-order chi connectivity index (χ1) is 18.7. The molecule has 0 radical (unpaired) electrons. The van der Waals surface area contributed by atoms with E-state index in [0.717, 1.165) is 56.4 Å². The molecule has 0 saturated heterocycles. The number of hydrogen-bond donors (Lipinski definition) is 0. The molecule has 0 fully saturated rings. The van der Waals surface area contributed by atoms with Gasteiger partial charge >= 0.3 is 0 Å². The third-order valence-electron chi connectivity index (χ3n) is 6.12. The highest BCUT2D eigenvalue weighted by molar-refractivity contribution is 5.99. The lowest BCUT2D eigenvalue weighted by molar-refractivity contribution is 0.337. The van der Waals surface area contributed by atoms with E-state index < -0.39 is 0 Å². The predicted octanol–water partition coefficient (Wildman–Crippen LogP) is 8.17. The molecule has 0 heterocycles. The molecule has 4 nitrogen and oxygen atoms in total. The Kier molecular flexibility index (Phi) is 9.25. The van der Waals surface area contributed by atoms with Crippen LogP contribution in [0.4, 0.5) is 0 Å². The monoisotopic (exact) mass is 506 g/mol. The smallest absolute Gasteiger partial charge is 0.127 e. The van der Waals surface area contributed by atoms with Gasteiger partial charge in [-0.3, -0.25) is 0 Å². The Morgan fingerprint density at radius 3 is 1.53 bits per heavy atom. The zero-order chi connectivity index (χ0) is 26.7. The van der Waals surface area contributed by atoms with Crippen molar-refractivity contribution in [2.75, 3.05) is 27.4 Å². The van der Waals surface area contributed by atoms with E-state index >= 15 is 0 Å². The Morgan fingerprint density at radius 2 is 1.00 bits per heavy atom. The maximum absolute atomic E-state index is 6.08. The van der Waals surface area contributed by atoms with Crippen LogP contribution in [0.15, 0.2) is 103 Å². The van der Waals surface area contributed by atoms with Crippen LogP contribution in [0, 0.1) is 0 Å². The van der Waals surface area contributed by atoms with Gasteiger partial charge in [-0.2, -0.15) is 0 Å². The van der Waals surface area contributed by atoms with E-state index in [1.54, 1.807) is 14.2 Å². The molecule has 0 spiro atoms. The molecule has 0 aliphatic heterocycles. The Morgan fingerprint density at radius 1 is 0.553 bits per heavy atom. The molecule has 4 aromatic carbocycles. The van der Waals surface area contributed by atoms with Crippen molar-refractivity contribution in [2.45, 2.75) is 13.8 Å². The molecule has 0 bridgehead atoms. The molecule has 4 heteroatoms. The van der Waals surface area contributed by atoms with Crippen LogP contribution in [0.5, 0.6) is 23.0 Å². The van der Waals surface area contributed by atoms with Crippen molar-refractivity contribution in [1.82, 2.24) is 0 Å². The Bertz CT molecular complexity index is 1370. The van der Waals surface area contributed by atoms with E-state index in [2.05, 4.69) is 30.4 Å². The third kappa shape index (κ3) is 6.09. The SMILES string of the molecule is CCOc1ccccc1C(=CC(=Cc1ccccc1OC)c1ccccc1OC)c1ccccc1OCC. The summed E-state index contributed by atoms with van der Waals surface area (Å²) >= 11 is 0. The van der Waals surface area contributed by atoms with Crippen molar-refractivity contribution < 1.29 is 18.9 Å². The largest absolute Gasteiger partial charge is 0.496 e. The summed E-state index contributed by atoms with van der Waals surface area (Å²) < 4.78 is 23.6. The van der Waals surface area contributed by atoms with Crippen LogP contribution in [-0.2, 0) is 0 Å². The van der Waals surface area contributed by atoms with Gasteiger partial charge in [-0.25, -0.2) is 0 Å². The minimum absolute atomic E-state index is 0.563. The van der Waals surface area contributed by atoms with Gasteiger partial charge in [0.25, 0.3) is 0 Å². The van der Waals surface area contributed by atoms with Crippen molar-refractivity contribution in [3.8, 4) is 23.0 Å². The highest BCUT2D eigenvalue weighted by atomic mass is 16.5. The molecule has 0 aliphatic rings. The van der Waals surface area contributed by atoms with Gasteiger partial charge < -0.3 is 18.9 Å². The molecule has 194 valence electrons.